The number of nitrogens with zero attached hydrogens (tertiary/aromatic N) is 2. The predicted octanol–water partition coefficient (Wildman–Crippen LogP) is -0.620. The maximum Gasteiger partial charge on any atom is 0.235 e. The lowest BCUT2D eigenvalue weighted by molar-refractivity contribution is 0.360. The molecule has 0 atom stereocenters. The van der Waals surface area contributed by atoms with Crippen LogP contribution in [0.2, 0.25) is 0 Å². The normalized spacial score (nSPS) is 21.5. The van der Waals surface area contributed by atoms with E-state index in [-0.39, 0.29) is 0 Å². The minimum atomic E-state index is -3.18. The van der Waals surface area contributed by atoms with Gasteiger partial charge in [0.25, 0.3) is 0 Å². The molecule has 0 amide bonds. The standard InChI is InChI=1S/C6H11N2O2S/c1-2-11(9,10)8-5-3-7-4-6-8/h2H,1,3-6H2. The van der Waals surface area contributed by atoms with Gasteiger partial charge in [0, 0.05) is 31.6 Å². The van der Waals surface area contributed by atoms with Crippen LogP contribution in [0.25, 0.3) is 0 Å². The lowest BCUT2D eigenvalue weighted by atomic mass is 10.4. The Hall–Kier alpha value is -0.390. The first-order chi connectivity index (χ1) is 5.17. The van der Waals surface area contributed by atoms with E-state index in [9.17, 15) is 8.42 Å². The highest BCUT2D eigenvalue weighted by Crippen LogP contribution is 2.03. The molecule has 0 spiro atoms. The summed E-state index contributed by atoms with van der Waals surface area (Å²) in [7, 11) is -3.18. The van der Waals surface area contributed by atoms with Crippen molar-refractivity contribution in [1.82, 2.24) is 9.62 Å². The van der Waals surface area contributed by atoms with Crippen LogP contribution in [-0.2, 0) is 10.0 Å². The first-order valence-electron chi connectivity index (χ1n) is 3.42. The molecule has 63 valence electrons. The van der Waals surface area contributed by atoms with Crippen molar-refractivity contribution in [1.29, 1.82) is 0 Å². The summed E-state index contributed by atoms with van der Waals surface area (Å²) in [5.41, 5.74) is 0. The van der Waals surface area contributed by atoms with Gasteiger partial charge in [0.05, 0.1) is 0 Å². The van der Waals surface area contributed by atoms with E-state index >= 15 is 0 Å². The molecule has 0 aromatic heterocycles. The van der Waals surface area contributed by atoms with Gasteiger partial charge in [-0.1, -0.05) is 6.58 Å². The van der Waals surface area contributed by atoms with Crippen LogP contribution in [-0.4, -0.2) is 38.9 Å². The SMILES string of the molecule is C=CS(=O)(=O)N1CC[N]CC1. The van der Waals surface area contributed by atoms with E-state index in [4.69, 9.17) is 0 Å². The quantitative estimate of drug-likeness (QED) is 0.561. The average Bonchev–Trinajstić information content (AvgIpc) is 2.06. The molecule has 1 heterocycles. The van der Waals surface area contributed by atoms with Gasteiger partial charge < -0.3 is 0 Å². The third-order valence-electron chi connectivity index (χ3n) is 1.59. The minimum absolute atomic E-state index is 0.494. The van der Waals surface area contributed by atoms with Crippen molar-refractivity contribution in [3.8, 4) is 0 Å². The fourth-order valence-electron chi connectivity index (χ4n) is 0.948. The second-order valence-corrected chi connectivity index (χ2v) is 4.16. The van der Waals surface area contributed by atoms with E-state index in [1.165, 1.54) is 4.31 Å². The van der Waals surface area contributed by atoms with Gasteiger partial charge in [0.2, 0.25) is 10.0 Å². The minimum Gasteiger partial charge on any atom is -0.239 e. The van der Waals surface area contributed by atoms with Gasteiger partial charge >= 0.3 is 0 Å². The van der Waals surface area contributed by atoms with E-state index in [2.05, 4.69) is 11.9 Å². The molecule has 1 rings (SSSR count). The summed E-state index contributed by atoms with van der Waals surface area (Å²) >= 11 is 0. The third kappa shape index (κ3) is 2.02. The van der Waals surface area contributed by atoms with Crippen molar-refractivity contribution < 1.29 is 8.42 Å². The molecular formula is C6H11N2O2S. The molecule has 4 nitrogen and oxygen atoms in total. The Labute approximate surface area is 66.9 Å². The zero-order chi connectivity index (χ0) is 8.32. The molecule has 0 unspecified atom stereocenters. The van der Waals surface area contributed by atoms with Crippen LogP contribution in [0, 0.1) is 0 Å². The zero-order valence-electron chi connectivity index (χ0n) is 6.23. The van der Waals surface area contributed by atoms with E-state index < -0.39 is 10.0 Å². The molecule has 0 aliphatic carbocycles. The Balaban J connectivity index is 2.66. The Bertz CT molecular complexity index is 229. The molecule has 11 heavy (non-hydrogen) atoms. The molecule has 0 saturated carbocycles. The largest absolute Gasteiger partial charge is 0.239 e. The molecule has 0 aromatic rings. The molecule has 1 saturated heterocycles. The summed E-state index contributed by atoms with van der Waals surface area (Å²) in [5.74, 6) is 0. The molecule has 5 heteroatoms. The van der Waals surface area contributed by atoms with Gasteiger partial charge in [-0.05, 0) is 0 Å². The lowest BCUT2D eigenvalue weighted by Gasteiger charge is -2.23. The summed E-state index contributed by atoms with van der Waals surface area (Å²) in [6.45, 7) is 5.44. The first kappa shape index (κ1) is 8.70. The van der Waals surface area contributed by atoms with E-state index in [0.29, 0.717) is 26.2 Å². The van der Waals surface area contributed by atoms with Crippen molar-refractivity contribution in [3.05, 3.63) is 12.0 Å². The highest BCUT2D eigenvalue weighted by atomic mass is 32.2. The van der Waals surface area contributed by atoms with Crippen LogP contribution in [0.1, 0.15) is 0 Å². The molecule has 1 radical (unpaired) electrons. The second kappa shape index (κ2) is 3.34. The maximum atomic E-state index is 11.1. The number of hydrogen-bond donors (Lipinski definition) is 0. The topological polar surface area (TPSA) is 51.5 Å². The van der Waals surface area contributed by atoms with Crippen molar-refractivity contribution in [2.45, 2.75) is 0 Å². The Kier molecular flexibility index (Phi) is 2.64. The lowest BCUT2D eigenvalue weighted by Crippen LogP contribution is -2.42. The van der Waals surface area contributed by atoms with Crippen molar-refractivity contribution in [2.75, 3.05) is 26.2 Å². The monoisotopic (exact) mass is 175 g/mol. The second-order valence-electron chi connectivity index (χ2n) is 2.28. The Morgan fingerprint density at radius 1 is 1.36 bits per heavy atom. The summed E-state index contributed by atoms with van der Waals surface area (Å²) in [6.07, 6.45) is 0. The highest BCUT2D eigenvalue weighted by molar-refractivity contribution is 7.92. The molecule has 0 N–H and O–H groups in total. The maximum absolute atomic E-state index is 11.1. The molecule has 1 aliphatic rings. The van der Waals surface area contributed by atoms with E-state index in [0.717, 1.165) is 5.41 Å². The number of sulfonamides is 1. The number of piperazine rings is 1. The number of hydrogen-bond acceptors (Lipinski definition) is 2. The molecule has 0 bridgehead atoms. The molecular weight excluding hydrogens is 164 g/mol. The van der Waals surface area contributed by atoms with Gasteiger partial charge in [0.15, 0.2) is 0 Å². The van der Waals surface area contributed by atoms with Crippen LogP contribution in [0.3, 0.4) is 0 Å². The Morgan fingerprint density at radius 3 is 2.36 bits per heavy atom. The van der Waals surface area contributed by atoms with Crippen LogP contribution >= 0.6 is 0 Å². The molecule has 1 fully saturated rings. The van der Waals surface area contributed by atoms with Crippen molar-refractivity contribution in [3.63, 3.8) is 0 Å². The highest BCUT2D eigenvalue weighted by Gasteiger charge is 2.20. The van der Waals surface area contributed by atoms with E-state index in [1.54, 1.807) is 0 Å². The average molecular weight is 175 g/mol. The van der Waals surface area contributed by atoms with Gasteiger partial charge in [-0.15, -0.1) is 0 Å². The van der Waals surface area contributed by atoms with Crippen molar-refractivity contribution in [2.24, 2.45) is 0 Å². The smallest absolute Gasteiger partial charge is 0.235 e. The fourth-order valence-corrected chi connectivity index (χ4v) is 1.83. The van der Waals surface area contributed by atoms with Gasteiger partial charge in [-0.3, -0.25) is 0 Å². The summed E-state index contributed by atoms with van der Waals surface area (Å²) in [4.78, 5) is 0. The van der Waals surface area contributed by atoms with Gasteiger partial charge in [-0.25, -0.2) is 13.7 Å². The van der Waals surface area contributed by atoms with Crippen molar-refractivity contribution >= 4 is 10.0 Å². The number of rotatable bonds is 2. The third-order valence-corrected chi connectivity index (χ3v) is 3.09. The summed E-state index contributed by atoms with van der Waals surface area (Å²) < 4.78 is 23.6. The summed E-state index contributed by atoms with van der Waals surface area (Å²) in [5, 5.41) is 5.02. The van der Waals surface area contributed by atoms with Crippen LogP contribution in [0.5, 0.6) is 0 Å². The predicted molar refractivity (Wildman–Crippen MR) is 42.6 cm³/mol. The van der Waals surface area contributed by atoms with E-state index in [1.807, 2.05) is 0 Å². The Morgan fingerprint density at radius 2 is 1.91 bits per heavy atom. The molecule has 1 aliphatic heterocycles. The first-order valence-corrected chi connectivity index (χ1v) is 4.93. The molecule has 0 aromatic carbocycles. The van der Waals surface area contributed by atoms with Gasteiger partial charge in [-0.2, -0.15) is 4.31 Å². The fraction of sp³-hybridized carbons (Fsp3) is 0.667. The van der Waals surface area contributed by atoms with Crippen LogP contribution < -0.4 is 5.32 Å². The zero-order valence-corrected chi connectivity index (χ0v) is 7.05. The summed E-state index contributed by atoms with van der Waals surface area (Å²) in [6, 6.07) is 0. The van der Waals surface area contributed by atoms with Gasteiger partial charge in [0.1, 0.15) is 0 Å². The van der Waals surface area contributed by atoms with Crippen LogP contribution in [0.4, 0.5) is 0 Å². The van der Waals surface area contributed by atoms with Crippen LogP contribution in [0.15, 0.2) is 12.0 Å².